The van der Waals surface area contributed by atoms with Gasteiger partial charge in [-0.1, -0.05) is 45.2 Å². The first kappa shape index (κ1) is 16.6. The van der Waals surface area contributed by atoms with Crippen molar-refractivity contribution >= 4 is 54.8 Å². The van der Waals surface area contributed by atoms with E-state index in [9.17, 15) is 8.42 Å². The maximum absolute atomic E-state index is 11.3. The zero-order valence-corrected chi connectivity index (χ0v) is 14.5. The molecule has 0 amide bonds. The molecule has 0 aliphatic carbocycles. The lowest BCUT2D eigenvalue weighted by Gasteiger charge is -2.11. The van der Waals surface area contributed by atoms with Crippen molar-refractivity contribution < 1.29 is 8.42 Å². The van der Waals surface area contributed by atoms with Crippen LogP contribution in [-0.4, -0.2) is 8.42 Å². The number of anilines is 1. The molecule has 0 aliphatic heterocycles. The van der Waals surface area contributed by atoms with E-state index in [1.54, 1.807) is 6.07 Å². The Kier molecular flexibility index (Phi) is 5.16. The minimum Gasteiger partial charge on any atom is -0.380 e. The van der Waals surface area contributed by atoms with Crippen LogP contribution in [0.3, 0.4) is 0 Å². The van der Waals surface area contributed by atoms with Gasteiger partial charge in [-0.05, 0) is 35.9 Å². The fourth-order valence-corrected chi connectivity index (χ4v) is 3.14. The van der Waals surface area contributed by atoms with Gasteiger partial charge in [-0.15, -0.1) is 0 Å². The average molecular weight is 410 g/mol. The van der Waals surface area contributed by atoms with Crippen molar-refractivity contribution in [1.29, 1.82) is 0 Å². The Bertz CT molecular complexity index is 782. The molecule has 2 rings (SSSR count). The predicted octanol–water partition coefficient (Wildman–Crippen LogP) is 4.02. The monoisotopic (exact) mass is 408 g/mol. The van der Waals surface area contributed by atoms with Gasteiger partial charge in [-0.25, -0.2) is 13.6 Å². The summed E-state index contributed by atoms with van der Waals surface area (Å²) >= 11 is 15.5. The molecule has 0 radical (unpaired) electrons. The van der Waals surface area contributed by atoms with Crippen LogP contribution in [-0.2, 0) is 16.6 Å². The molecule has 0 bridgehead atoms. The van der Waals surface area contributed by atoms with Crippen molar-refractivity contribution in [1.82, 2.24) is 0 Å². The molecule has 2 aromatic rings. The van der Waals surface area contributed by atoms with Crippen LogP contribution in [0, 0.1) is 0 Å². The van der Waals surface area contributed by atoms with Crippen LogP contribution < -0.4 is 10.5 Å². The van der Waals surface area contributed by atoms with Gasteiger partial charge in [-0.2, -0.15) is 0 Å². The van der Waals surface area contributed by atoms with Crippen molar-refractivity contribution in [3.05, 3.63) is 56.5 Å². The normalized spacial score (nSPS) is 11.4. The highest BCUT2D eigenvalue weighted by Crippen LogP contribution is 2.27. The van der Waals surface area contributed by atoms with Gasteiger partial charge in [0.25, 0.3) is 0 Å². The molecule has 2 aromatic carbocycles. The van der Waals surface area contributed by atoms with E-state index < -0.39 is 10.0 Å². The van der Waals surface area contributed by atoms with Crippen LogP contribution in [0.25, 0.3) is 0 Å². The number of primary sulfonamides is 1. The lowest BCUT2D eigenvalue weighted by molar-refractivity contribution is 0.598. The molecular weight excluding hydrogens is 399 g/mol. The molecule has 4 nitrogen and oxygen atoms in total. The van der Waals surface area contributed by atoms with Crippen molar-refractivity contribution in [2.45, 2.75) is 11.4 Å². The minimum atomic E-state index is -3.77. The maximum atomic E-state index is 11.3. The van der Waals surface area contributed by atoms with E-state index in [0.717, 1.165) is 10.0 Å². The summed E-state index contributed by atoms with van der Waals surface area (Å²) < 4.78 is 23.6. The first-order valence-electron chi connectivity index (χ1n) is 5.77. The van der Waals surface area contributed by atoms with Gasteiger partial charge in [0.1, 0.15) is 0 Å². The summed E-state index contributed by atoms with van der Waals surface area (Å²) in [5.41, 5.74) is 1.33. The first-order chi connectivity index (χ1) is 9.77. The number of hydrogen-bond acceptors (Lipinski definition) is 3. The smallest absolute Gasteiger partial charge is 0.238 e. The number of halogens is 3. The molecule has 0 fully saturated rings. The van der Waals surface area contributed by atoms with E-state index in [-0.39, 0.29) is 4.90 Å². The molecule has 0 spiro atoms. The molecule has 0 atom stereocenters. The number of hydrogen-bond donors (Lipinski definition) is 2. The lowest BCUT2D eigenvalue weighted by atomic mass is 10.2. The van der Waals surface area contributed by atoms with Gasteiger partial charge in [-0.3, -0.25) is 0 Å². The van der Waals surface area contributed by atoms with Crippen LogP contribution >= 0.6 is 39.1 Å². The predicted molar refractivity (Wildman–Crippen MR) is 89.3 cm³/mol. The quantitative estimate of drug-likeness (QED) is 0.800. The topological polar surface area (TPSA) is 72.2 Å². The molecule has 0 unspecified atom stereocenters. The Hall–Kier alpha value is -0.790. The van der Waals surface area contributed by atoms with Crippen LogP contribution in [0.4, 0.5) is 5.69 Å². The molecule has 112 valence electrons. The van der Waals surface area contributed by atoms with Crippen molar-refractivity contribution in [2.24, 2.45) is 5.14 Å². The Labute approximate surface area is 141 Å². The number of nitrogens with one attached hydrogen (secondary N) is 1. The van der Waals surface area contributed by atoms with Gasteiger partial charge in [0.15, 0.2) is 0 Å². The van der Waals surface area contributed by atoms with Crippen molar-refractivity contribution in [3.63, 3.8) is 0 Å². The van der Waals surface area contributed by atoms with E-state index in [1.807, 2.05) is 12.1 Å². The van der Waals surface area contributed by atoms with Gasteiger partial charge in [0, 0.05) is 16.0 Å². The van der Waals surface area contributed by atoms with E-state index >= 15 is 0 Å². The fourth-order valence-electron chi connectivity index (χ4n) is 1.67. The van der Waals surface area contributed by atoms with Gasteiger partial charge in [0.2, 0.25) is 10.0 Å². The summed E-state index contributed by atoms with van der Waals surface area (Å²) in [4.78, 5) is -0.00342. The fraction of sp³-hybridized carbons (Fsp3) is 0.0769. The molecule has 0 saturated heterocycles. The second kappa shape index (κ2) is 6.54. The molecule has 21 heavy (non-hydrogen) atoms. The summed E-state index contributed by atoms with van der Waals surface area (Å²) in [6.45, 7) is 0.403. The highest BCUT2D eigenvalue weighted by atomic mass is 79.9. The highest BCUT2D eigenvalue weighted by molar-refractivity contribution is 9.10. The summed E-state index contributed by atoms with van der Waals surface area (Å²) in [5, 5.41) is 9.14. The summed E-state index contributed by atoms with van der Waals surface area (Å²) in [6, 6.07) is 9.73. The number of sulfonamides is 1. The summed E-state index contributed by atoms with van der Waals surface area (Å²) in [5.74, 6) is 0. The molecule has 0 heterocycles. The maximum Gasteiger partial charge on any atom is 0.238 e. The van der Waals surface area contributed by atoms with E-state index in [2.05, 4.69) is 21.2 Å². The summed E-state index contributed by atoms with van der Waals surface area (Å²) in [7, 11) is -3.77. The second-order valence-electron chi connectivity index (χ2n) is 4.28. The van der Waals surface area contributed by atoms with Crippen molar-refractivity contribution in [2.75, 3.05) is 5.32 Å². The standard InChI is InChI=1S/C13H11BrCl2N2O2S/c14-9-2-1-8(12(16)5-9)7-18-13-6-10(21(17,19)20)3-4-11(13)15/h1-6,18H,7H2,(H2,17,19,20). The highest BCUT2D eigenvalue weighted by Gasteiger charge is 2.11. The first-order valence-corrected chi connectivity index (χ1v) is 8.87. The van der Waals surface area contributed by atoms with E-state index in [4.69, 9.17) is 28.3 Å². The average Bonchev–Trinajstić information content (AvgIpc) is 2.38. The zero-order valence-electron chi connectivity index (χ0n) is 10.6. The van der Waals surface area contributed by atoms with Gasteiger partial charge < -0.3 is 5.32 Å². The second-order valence-corrected chi connectivity index (χ2v) is 7.57. The summed E-state index contributed by atoms with van der Waals surface area (Å²) in [6.07, 6.45) is 0. The van der Waals surface area contributed by atoms with Crippen LogP contribution in [0.2, 0.25) is 10.0 Å². The van der Waals surface area contributed by atoms with Crippen LogP contribution in [0.1, 0.15) is 5.56 Å². The minimum absolute atomic E-state index is 0.00342. The zero-order chi connectivity index (χ0) is 15.6. The SMILES string of the molecule is NS(=O)(=O)c1ccc(Cl)c(NCc2ccc(Br)cc2Cl)c1. The van der Waals surface area contributed by atoms with Gasteiger partial charge in [0.05, 0.1) is 15.6 Å². The number of nitrogens with two attached hydrogens (primary N) is 1. The molecular formula is C13H11BrCl2N2O2S. The molecule has 3 N–H and O–H groups in total. The lowest BCUT2D eigenvalue weighted by Crippen LogP contribution is -2.12. The largest absolute Gasteiger partial charge is 0.380 e. The number of rotatable bonds is 4. The third-order valence-electron chi connectivity index (χ3n) is 2.75. The Morgan fingerprint density at radius 2 is 1.81 bits per heavy atom. The molecule has 0 aromatic heterocycles. The molecule has 8 heteroatoms. The molecule has 0 aliphatic rings. The van der Waals surface area contributed by atoms with Crippen LogP contribution in [0.15, 0.2) is 45.8 Å². The Morgan fingerprint density at radius 3 is 2.43 bits per heavy atom. The van der Waals surface area contributed by atoms with Crippen LogP contribution in [0.5, 0.6) is 0 Å². The van der Waals surface area contributed by atoms with Crippen molar-refractivity contribution in [3.8, 4) is 0 Å². The van der Waals surface area contributed by atoms with E-state index in [1.165, 1.54) is 18.2 Å². The third-order valence-corrected chi connectivity index (χ3v) is 4.84. The Morgan fingerprint density at radius 1 is 1.10 bits per heavy atom. The van der Waals surface area contributed by atoms with E-state index in [0.29, 0.717) is 22.3 Å². The number of benzene rings is 2. The molecule has 0 saturated carbocycles. The third kappa shape index (κ3) is 4.34. The van der Waals surface area contributed by atoms with Gasteiger partial charge >= 0.3 is 0 Å². The Balaban J connectivity index is 2.23.